The third-order valence-corrected chi connectivity index (χ3v) is 6.45. The first-order chi connectivity index (χ1) is 13.9. The van der Waals surface area contributed by atoms with Crippen molar-refractivity contribution >= 4 is 35.1 Å². The lowest BCUT2D eigenvalue weighted by molar-refractivity contribution is -0.169. The lowest BCUT2D eigenvalue weighted by atomic mass is 10.0. The Hall–Kier alpha value is -1.13. The summed E-state index contributed by atoms with van der Waals surface area (Å²) in [5, 5.41) is 0.899. The molecule has 1 spiro atoms. The summed E-state index contributed by atoms with van der Waals surface area (Å²) < 4.78 is 17.3. The summed E-state index contributed by atoms with van der Waals surface area (Å²) >= 11 is 7.56. The number of carbonyl (C=O) groups excluding carboxylic acids is 1. The largest absolute Gasteiger partial charge is 0.372 e. The zero-order valence-corrected chi connectivity index (χ0v) is 18.4. The van der Waals surface area contributed by atoms with E-state index in [0.717, 1.165) is 31.7 Å². The van der Waals surface area contributed by atoms with E-state index in [2.05, 4.69) is 14.9 Å². The minimum atomic E-state index is -0.427. The molecule has 0 radical (unpaired) electrons. The third-order valence-electron chi connectivity index (χ3n) is 5.42. The quantitative estimate of drug-likeness (QED) is 0.399. The molecule has 2 atom stereocenters. The van der Waals surface area contributed by atoms with E-state index in [9.17, 15) is 4.79 Å². The highest BCUT2D eigenvalue weighted by Crippen LogP contribution is 2.33. The maximum atomic E-state index is 12.6. The first-order valence-corrected chi connectivity index (χ1v) is 11.4. The number of thioether (sulfide) groups is 1. The molecular weight excluding hydrogens is 416 g/mol. The summed E-state index contributed by atoms with van der Waals surface area (Å²) in [5.74, 6) is 0.701. The van der Waals surface area contributed by atoms with Crippen LogP contribution in [0.4, 0.5) is 5.82 Å². The van der Waals surface area contributed by atoms with Gasteiger partial charge in [0.1, 0.15) is 11.0 Å². The SMILES string of the molecule is CC1CN(C(=O)CSc2nc(Cl)cc(N3CCC4(CC3)OCCO4)n2)CC(C)O1. The molecule has 2 unspecified atom stereocenters. The first kappa shape index (κ1) is 21.1. The van der Waals surface area contributed by atoms with Crippen LogP contribution in [0.5, 0.6) is 0 Å². The van der Waals surface area contributed by atoms with E-state index >= 15 is 0 Å². The van der Waals surface area contributed by atoms with Crippen molar-refractivity contribution in [1.82, 2.24) is 14.9 Å². The van der Waals surface area contributed by atoms with Gasteiger partial charge in [-0.2, -0.15) is 0 Å². The molecule has 1 aromatic heterocycles. The molecule has 4 rings (SSSR count). The molecule has 3 fully saturated rings. The van der Waals surface area contributed by atoms with Gasteiger partial charge in [0.2, 0.25) is 5.91 Å². The number of ether oxygens (including phenoxy) is 3. The highest BCUT2D eigenvalue weighted by molar-refractivity contribution is 7.99. The Labute approximate surface area is 180 Å². The Balaban J connectivity index is 1.35. The van der Waals surface area contributed by atoms with Gasteiger partial charge in [0.15, 0.2) is 10.9 Å². The molecule has 160 valence electrons. The highest BCUT2D eigenvalue weighted by atomic mass is 35.5. The van der Waals surface area contributed by atoms with Crippen molar-refractivity contribution in [2.24, 2.45) is 0 Å². The number of rotatable bonds is 4. The smallest absolute Gasteiger partial charge is 0.233 e. The molecule has 4 heterocycles. The summed E-state index contributed by atoms with van der Waals surface area (Å²) in [6.07, 6.45) is 1.69. The van der Waals surface area contributed by atoms with Crippen molar-refractivity contribution in [3.63, 3.8) is 0 Å². The molecule has 8 nitrogen and oxygen atoms in total. The molecule has 0 saturated carbocycles. The highest BCUT2D eigenvalue weighted by Gasteiger charge is 2.40. The molecule has 1 amide bonds. The molecule has 3 aliphatic heterocycles. The monoisotopic (exact) mass is 442 g/mol. The molecule has 0 bridgehead atoms. The van der Waals surface area contributed by atoms with Crippen LogP contribution in [0.2, 0.25) is 5.15 Å². The second kappa shape index (κ2) is 8.93. The summed E-state index contributed by atoms with van der Waals surface area (Å²) in [6.45, 7) is 8.08. The van der Waals surface area contributed by atoms with E-state index in [1.54, 1.807) is 6.07 Å². The second-order valence-electron chi connectivity index (χ2n) is 7.77. The van der Waals surface area contributed by atoms with Crippen LogP contribution in [0.25, 0.3) is 0 Å². The molecule has 3 aliphatic rings. The van der Waals surface area contributed by atoms with Crippen LogP contribution >= 0.6 is 23.4 Å². The Morgan fingerprint density at radius 2 is 1.86 bits per heavy atom. The van der Waals surface area contributed by atoms with Crippen LogP contribution < -0.4 is 4.90 Å². The van der Waals surface area contributed by atoms with E-state index in [1.807, 2.05) is 18.7 Å². The fourth-order valence-electron chi connectivity index (χ4n) is 4.07. The number of anilines is 1. The number of nitrogens with zero attached hydrogens (tertiary/aromatic N) is 4. The summed E-state index contributed by atoms with van der Waals surface area (Å²) in [5.41, 5.74) is 0. The van der Waals surface area contributed by atoms with Gasteiger partial charge in [-0.05, 0) is 13.8 Å². The van der Waals surface area contributed by atoms with Crippen molar-refractivity contribution in [1.29, 1.82) is 0 Å². The standard InChI is InChI=1S/C19H27ClN4O4S/c1-13-10-24(11-14(2)28-13)17(25)12-29-18-21-15(20)9-16(22-18)23-5-3-19(4-6-23)26-7-8-27-19/h9,13-14H,3-8,10-12H2,1-2H3. The maximum Gasteiger partial charge on any atom is 0.233 e. The van der Waals surface area contributed by atoms with Crippen LogP contribution in [0.1, 0.15) is 26.7 Å². The zero-order valence-electron chi connectivity index (χ0n) is 16.8. The Kier molecular flexibility index (Phi) is 6.50. The van der Waals surface area contributed by atoms with Crippen molar-refractivity contribution in [3.8, 4) is 0 Å². The van der Waals surface area contributed by atoms with Crippen LogP contribution in [0, 0.1) is 0 Å². The van der Waals surface area contributed by atoms with Crippen LogP contribution in [-0.4, -0.2) is 83.9 Å². The van der Waals surface area contributed by atoms with Gasteiger partial charge in [-0.25, -0.2) is 9.97 Å². The number of morpholine rings is 1. The number of aromatic nitrogens is 2. The third kappa shape index (κ3) is 5.14. The normalized spacial score (nSPS) is 26.9. The molecule has 3 saturated heterocycles. The van der Waals surface area contributed by atoms with Gasteiger partial charge in [-0.3, -0.25) is 4.79 Å². The van der Waals surface area contributed by atoms with Gasteiger partial charge in [0, 0.05) is 45.1 Å². The molecule has 29 heavy (non-hydrogen) atoms. The van der Waals surface area contributed by atoms with Gasteiger partial charge < -0.3 is 24.0 Å². The van der Waals surface area contributed by atoms with Gasteiger partial charge in [-0.1, -0.05) is 23.4 Å². The fraction of sp³-hybridized carbons (Fsp3) is 0.737. The zero-order chi connectivity index (χ0) is 20.4. The lowest BCUT2D eigenvalue weighted by Crippen LogP contribution is -2.48. The summed E-state index contributed by atoms with van der Waals surface area (Å²) in [4.78, 5) is 25.5. The van der Waals surface area contributed by atoms with E-state index in [0.29, 0.717) is 36.6 Å². The Bertz CT molecular complexity index is 729. The average molecular weight is 443 g/mol. The van der Waals surface area contributed by atoms with Crippen LogP contribution in [0.3, 0.4) is 0 Å². The summed E-state index contributed by atoms with van der Waals surface area (Å²) in [7, 11) is 0. The topological polar surface area (TPSA) is 77.0 Å². The molecule has 10 heteroatoms. The first-order valence-electron chi connectivity index (χ1n) is 10.1. The lowest BCUT2D eigenvalue weighted by Gasteiger charge is -2.38. The number of amides is 1. The predicted molar refractivity (Wildman–Crippen MR) is 110 cm³/mol. The van der Waals surface area contributed by atoms with Crippen LogP contribution in [0.15, 0.2) is 11.2 Å². The van der Waals surface area contributed by atoms with Crippen molar-refractivity contribution in [2.75, 3.05) is 50.0 Å². The average Bonchev–Trinajstić information content (AvgIpc) is 3.13. The van der Waals surface area contributed by atoms with E-state index in [-0.39, 0.29) is 23.9 Å². The Morgan fingerprint density at radius 3 is 2.52 bits per heavy atom. The molecular formula is C19H27ClN4O4S. The number of carbonyl (C=O) groups is 1. The number of halogens is 1. The molecule has 0 aromatic carbocycles. The van der Waals surface area contributed by atoms with Gasteiger partial charge >= 0.3 is 0 Å². The number of piperidine rings is 1. The van der Waals surface area contributed by atoms with E-state index in [1.165, 1.54) is 11.8 Å². The second-order valence-corrected chi connectivity index (χ2v) is 9.10. The maximum absolute atomic E-state index is 12.6. The minimum absolute atomic E-state index is 0.0527. The Morgan fingerprint density at radius 1 is 1.21 bits per heavy atom. The molecule has 1 aromatic rings. The minimum Gasteiger partial charge on any atom is -0.372 e. The van der Waals surface area contributed by atoms with Gasteiger partial charge in [0.05, 0.1) is 31.2 Å². The molecule has 0 aliphatic carbocycles. The van der Waals surface area contributed by atoms with E-state index in [4.69, 9.17) is 25.8 Å². The van der Waals surface area contributed by atoms with Crippen molar-refractivity contribution in [2.45, 2.75) is 49.8 Å². The number of hydrogen-bond donors (Lipinski definition) is 0. The van der Waals surface area contributed by atoms with Crippen molar-refractivity contribution < 1.29 is 19.0 Å². The van der Waals surface area contributed by atoms with Crippen LogP contribution in [-0.2, 0) is 19.0 Å². The fourth-order valence-corrected chi connectivity index (χ4v) is 5.06. The van der Waals surface area contributed by atoms with Gasteiger partial charge in [-0.15, -0.1) is 0 Å². The molecule has 0 N–H and O–H groups in total. The van der Waals surface area contributed by atoms with Crippen molar-refractivity contribution in [3.05, 3.63) is 11.2 Å². The predicted octanol–water partition coefficient (Wildman–Crippen LogP) is 2.20. The summed E-state index contributed by atoms with van der Waals surface area (Å²) in [6, 6.07) is 1.77. The van der Waals surface area contributed by atoms with E-state index < -0.39 is 5.79 Å². The number of hydrogen-bond acceptors (Lipinski definition) is 8. The van der Waals surface area contributed by atoms with Gasteiger partial charge in [0.25, 0.3) is 0 Å².